The molecule has 0 saturated carbocycles. The maximum absolute atomic E-state index is 12.6. The molecular weight excluding hydrogens is 270 g/mol. The molecular formula is C15H13N3O3. The lowest BCUT2D eigenvalue weighted by Gasteiger charge is -2.00. The van der Waals surface area contributed by atoms with Crippen LogP contribution >= 0.6 is 0 Å². The molecule has 106 valence electrons. The molecule has 6 nitrogen and oxygen atoms in total. The van der Waals surface area contributed by atoms with Gasteiger partial charge in [0.25, 0.3) is 0 Å². The fourth-order valence-electron chi connectivity index (χ4n) is 2.43. The van der Waals surface area contributed by atoms with Crippen LogP contribution in [0, 0.1) is 6.92 Å². The summed E-state index contributed by atoms with van der Waals surface area (Å²) in [5.41, 5.74) is 1.54. The molecule has 0 bridgehead atoms. The van der Waals surface area contributed by atoms with Crippen molar-refractivity contribution in [1.29, 1.82) is 0 Å². The van der Waals surface area contributed by atoms with Crippen LogP contribution in [0.1, 0.15) is 33.5 Å². The number of aryl methyl sites for hydroxylation is 1. The van der Waals surface area contributed by atoms with E-state index in [0.29, 0.717) is 10.9 Å². The molecule has 21 heavy (non-hydrogen) atoms. The Morgan fingerprint density at radius 1 is 1.29 bits per heavy atom. The van der Waals surface area contributed by atoms with Crippen LogP contribution < -0.4 is 0 Å². The monoisotopic (exact) mass is 283 g/mol. The van der Waals surface area contributed by atoms with Gasteiger partial charge in [0.2, 0.25) is 17.6 Å². The number of para-hydroxylation sites is 1. The molecule has 2 N–H and O–H groups in total. The van der Waals surface area contributed by atoms with E-state index in [4.69, 9.17) is 0 Å². The van der Waals surface area contributed by atoms with Crippen LogP contribution in [0.4, 0.5) is 0 Å². The normalized spacial score (nSPS) is 11.0. The van der Waals surface area contributed by atoms with Crippen LogP contribution in [0.3, 0.4) is 0 Å². The third kappa shape index (κ3) is 1.92. The lowest BCUT2D eigenvalue weighted by molar-refractivity contribution is 0.0933. The number of carbonyl (C=O) groups excluding carboxylic acids is 2. The quantitative estimate of drug-likeness (QED) is 0.706. The minimum atomic E-state index is -0.423. The topological polar surface area (TPSA) is 88.0 Å². The molecule has 0 atom stereocenters. The zero-order valence-electron chi connectivity index (χ0n) is 11.5. The van der Waals surface area contributed by atoms with Crippen molar-refractivity contribution in [3.8, 4) is 5.88 Å². The van der Waals surface area contributed by atoms with Gasteiger partial charge in [-0.15, -0.1) is 0 Å². The molecule has 0 aliphatic rings. The van der Waals surface area contributed by atoms with Crippen LogP contribution in [0.5, 0.6) is 5.88 Å². The van der Waals surface area contributed by atoms with Gasteiger partial charge < -0.3 is 5.11 Å². The maximum atomic E-state index is 12.6. The first-order valence-electron chi connectivity index (χ1n) is 6.40. The Hall–Kier alpha value is -2.89. The van der Waals surface area contributed by atoms with Crippen molar-refractivity contribution in [3.63, 3.8) is 0 Å². The molecule has 3 aromatic rings. The van der Waals surface area contributed by atoms with Gasteiger partial charge in [-0.3, -0.25) is 19.3 Å². The third-order valence-corrected chi connectivity index (χ3v) is 3.33. The largest absolute Gasteiger partial charge is 0.494 e. The Bertz CT molecular complexity index is 874. The third-order valence-electron chi connectivity index (χ3n) is 3.33. The second kappa shape index (κ2) is 4.59. The first kappa shape index (κ1) is 13.1. The summed E-state index contributed by atoms with van der Waals surface area (Å²) in [7, 11) is 0. The lowest BCUT2D eigenvalue weighted by atomic mass is 10.1. The molecule has 2 heterocycles. The first-order valence-corrected chi connectivity index (χ1v) is 6.40. The summed E-state index contributed by atoms with van der Waals surface area (Å²) in [6.45, 7) is 3.11. The molecule has 6 heteroatoms. The van der Waals surface area contributed by atoms with Gasteiger partial charge >= 0.3 is 0 Å². The highest BCUT2D eigenvalue weighted by molar-refractivity contribution is 6.19. The summed E-state index contributed by atoms with van der Waals surface area (Å²) < 4.78 is 1.13. The van der Waals surface area contributed by atoms with E-state index in [1.807, 2.05) is 0 Å². The number of ketones is 1. The number of fused-ring (bicyclic) bond motifs is 1. The highest BCUT2D eigenvalue weighted by atomic mass is 16.3. The summed E-state index contributed by atoms with van der Waals surface area (Å²) in [4.78, 5) is 24.3. The van der Waals surface area contributed by atoms with E-state index >= 15 is 0 Å². The Morgan fingerprint density at radius 2 is 2.00 bits per heavy atom. The van der Waals surface area contributed by atoms with Crippen molar-refractivity contribution in [2.24, 2.45) is 0 Å². The average molecular weight is 283 g/mol. The van der Waals surface area contributed by atoms with Crippen molar-refractivity contribution in [1.82, 2.24) is 14.8 Å². The predicted octanol–water partition coefficient (Wildman–Crippen LogP) is 2.27. The van der Waals surface area contributed by atoms with E-state index in [9.17, 15) is 14.7 Å². The number of aromatic amines is 1. The minimum absolute atomic E-state index is 0.0901. The highest BCUT2D eigenvalue weighted by Gasteiger charge is 2.26. The molecule has 0 amide bonds. The molecule has 3 rings (SSSR count). The molecule has 0 radical (unpaired) electrons. The van der Waals surface area contributed by atoms with E-state index in [1.54, 1.807) is 37.3 Å². The van der Waals surface area contributed by atoms with Crippen LogP contribution in [0.2, 0.25) is 0 Å². The van der Waals surface area contributed by atoms with Gasteiger partial charge in [0.05, 0.1) is 11.1 Å². The number of benzene rings is 1. The molecule has 0 aliphatic carbocycles. The zero-order chi connectivity index (χ0) is 15.1. The summed E-state index contributed by atoms with van der Waals surface area (Å²) >= 11 is 0. The number of hydrogen-bond donors (Lipinski definition) is 2. The number of aromatic nitrogens is 3. The molecule has 0 saturated heterocycles. The number of carbonyl (C=O) groups is 2. The fourth-order valence-corrected chi connectivity index (χ4v) is 2.43. The fraction of sp³-hybridized carbons (Fsp3) is 0.133. The smallest absolute Gasteiger partial charge is 0.230 e. The summed E-state index contributed by atoms with van der Waals surface area (Å²) in [5, 5.41) is 17.4. The van der Waals surface area contributed by atoms with Crippen molar-refractivity contribution < 1.29 is 14.7 Å². The van der Waals surface area contributed by atoms with Crippen molar-refractivity contribution in [3.05, 3.63) is 47.3 Å². The average Bonchev–Trinajstić information content (AvgIpc) is 2.98. The van der Waals surface area contributed by atoms with Gasteiger partial charge in [0.1, 0.15) is 5.69 Å². The molecule has 0 aliphatic heterocycles. The maximum Gasteiger partial charge on any atom is 0.230 e. The van der Waals surface area contributed by atoms with Gasteiger partial charge in [-0.05, 0) is 19.1 Å². The molecule has 0 spiro atoms. The Morgan fingerprint density at radius 3 is 2.62 bits per heavy atom. The molecule has 2 aromatic heterocycles. The predicted molar refractivity (Wildman–Crippen MR) is 76.7 cm³/mol. The Labute approximate surface area is 120 Å². The molecule has 0 fully saturated rings. The number of nitrogens with one attached hydrogen (secondary N) is 1. The van der Waals surface area contributed by atoms with Gasteiger partial charge in [-0.25, -0.2) is 0 Å². The van der Waals surface area contributed by atoms with Gasteiger partial charge in [0, 0.05) is 18.0 Å². The number of rotatable bonds is 2. The van der Waals surface area contributed by atoms with Crippen LogP contribution in [0.15, 0.2) is 30.3 Å². The summed E-state index contributed by atoms with van der Waals surface area (Å²) in [5.74, 6) is -1.14. The number of H-pyrrole nitrogens is 1. The van der Waals surface area contributed by atoms with Crippen LogP contribution in [-0.2, 0) is 0 Å². The van der Waals surface area contributed by atoms with Crippen molar-refractivity contribution in [2.45, 2.75) is 13.8 Å². The van der Waals surface area contributed by atoms with Gasteiger partial charge in [-0.2, -0.15) is 5.10 Å². The lowest BCUT2D eigenvalue weighted by Crippen LogP contribution is -2.06. The van der Waals surface area contributed by atoms with Crippen LogP contribution in [0.25, 0.3) is 10.9 Å². The van der Waals surface area contributed by atoms with Crippen molar-refractivity contribution in [2.75, 3.05) is 0 Å². The van der Waals surface area contributed by atoms with E-state index in [-0.39, 0.29) is 23.0 Å². The minimum Gasteiger partial charge on any atom is -0.494 e. The van der Waals surface area contributed by atoms with Crippen molar-refractivity contribution >= 4 is 22.6 Å². The summed E-state index contributed by atoms with van der Waals surface area (Å²) in [6, 6.07) is 8.47. The van der Waals surface area contributed by atoms with E-state index in [1.165, 1.54) is 6.92 Å². The summed E-state index contributed by atoms with van der Waals surface area (Å²) in [6.07, 6.45) is 0. The highest BCUT2D eigenvalue weighted by Crippen LogP contribution is 2.32. The molecule has 0 unspecified atom stereocenters. The number of aromatic hydroxyl groups is 1. The van der Waals surface area contributed by atoms with Crippen LogP contribution in [-0.4, -0.2) is 31.6 Å². The van der Waals surface area contributed by atoms with E-state index < -0.39 is 5.78 Å². The zero-order valence-corrected chi connectivity index (χ0v) is 11.5. The Balaban J connectivity index is 2.30. The van der Waals surface area contributed by atoms with E-state index in [2.05, 4.69) is 10.2 Å². The number of nitrogens with zero attached hydrogens (tertiary/aromatic N) is 2. The molecule has 1 aromatic carbocycles. The second-order valence-electron chi connectivity index (χ2n) is 4.84. The second-order valence-corrected chi connectivity index (χ2v) is 4.84. The SMILES string of the molecule is CC(=O)n1c(O)c(C(=O)c2cc(C)[nH]n2)c2ccccc21. The Kier molecular flexibility index (Phi) is 2.86. The standard InChI is InChI=1S/C15H13N3O3/c1-8-7-11(17-16-8)14(20)13-10-5-3-4-6-12(10)18(9(2)19)15(13)21/h3-7,21H,1-2H3,(H,16,17). The van der Waals surface area contributed by atoms with E-state index in [0.717, 1.165) is 10.3 Å². The number of hydrogen-bond acceptors (Lipinski definition) is 4. The first-order chi connectivity index (χ1) is 10.0. The van der Waals surface area contributed by atoms with Gasteiger partial charge in [0.15, 0.2) is 0 Å². The van der Waals surface area contributed by atoms with Gasteiger partial charge in [-0.1, -0.05) is 18.2 Å².